The summed E-state index contributed by atoms with van der Waals surface area (Å²) in [5, 5.41) is 3.98. The molecule has 0 radical (unpaired) electrons. The number of ether oxygens (including phenoxy) is 1. The second-order valence-corrected chi connectivity index (χ2v) is 6.45. The number of likely N-dealkylation sites (N-methyl/N-ethyl adjacent to an activating group) is 1. The van der Waals surface area contributed by atoms with Crippen LogP contribution in [-0.2, 0) is 6.42 Å². The van der Waals surface area contributed by atoms with Gasteiger partial charge in [0.1, 0.15) is 5.75 Å². The average Bonchev–Trinajstić information content (AvgIpc) is 2.98. The monoisotopic (exact) mass is 327 g/mol. The lowest BCUT2D eigenvalue weighted by Crippen LogP contribution is -2.30. The van der Waals surface area contributed by atoms with Crippen molar-refractivity contribution in [3.63, 3.8) is 0 Å². The first-order valence-electron chi connectivity index (χ1n) is 7.78. The first kappa shape index (κ1) is 15.9. The lowest BCUT2D eigenvalue weighted by molar-refractivity contribution is 0.479. The minimum absolute atomic E-state index is 0.413. The number of thiazole rings is 1. The third-order valence-corrected chi connectivity index (χ3v) is 4.72. The van der Waals surface area contributed by atoms with Crippen molar-refractivity contribution in [1.82, 2.24) is 10.3 Å². The van der Waals surface area contributed by atoms with Gasteiger partial charge in [0.15, 0.2) is 0 Å². The topological polar surface area (TPSA) is 60.2 Å². The third kappa shape index (κ3) is 4.07. The molecule has 0 saturated carbocycles. The normalized spacial score (nSPS) is 12.4. The highest BCUT2D eigenvalue weighted by molar-refractivity contribution is 7.20. The predicted octanol–water partition coefficient (Wildman–Crippen LogP) is 3.57. The number of nitrogens with two attached hydrogens (primary N) is 1. The van der Waals surface area contributed by atoms with Crippen molar-refractivity contribution in [3.8, 4) is 10.9 Å². The molecule has 0 aliphatic rings. The molecule has 3 aromatic rings. The molecule has 0 amide bonds. The molecule has 5 heteroatoms. The molecule has 0 saturated heterocycles. The summed E-state index contributed by atoms with van der Waals surface area (Å²) in [6, 6.07) is 16.7. The van der Waals surface area contributed by atoms with Gasteiger partial charge in [-0.05, 0) is 56.3 Å². The Balaban J connectivity index is 1.67. The van der Waals surface area contributed by atoms with Gasteiger partial charge in [0.2, 0.25) is 0 Å². The highest BCUT2D eigenvalue weighted by atomic mass is 32.1. The summed E-state index contributed by atoms with van der Waals surface area (Å²) >= 11 is 1.56. The Kier molecular flexibility index (Phi) is 5.23. The van der Waals surface area contributed by atoms with Crippen LogP contribution in [0.3, 0.4) is 0 Å². The van der Waals surface area contributed by atoms with Crippen molar-refractivity contribution in [1.29, 1.82) is 0 Å². The quantitative estimate of drug-likeness (QED) is 0.696. The van der Waals surface area contributed by atoms with Gasteiger partial charge in [0.05, 0.1) is 10.2 Å². The third-order valence-electron chi connectivity index (χ3n) is 3.81. The van der Waals surface area contributed by atoms with Crippen LogP contribution < -0.4 is 15.8 Å². The summed E-state index contributed by atoms with van der Waals surface area (Å²) in [6.07, 6.45) is 1.94. The van der Waals surface area contributed by atoms with E-state index in [2.05, 4.69) is 28.5 Å². The van der Waals surface area contributed by atoms with E-state index < -0.39 is 0 Å². The van der Waals surface area contributed by atoms with Crippen LogP contribution in [0, 0.1) is 0 Å². The fourth-order valence-corrected chi connectivity index (χ4v) is 3.36. The Hall–Kier alpha value is -1.95. The summed E-state index contributed by atoms with van der Waals surface area (Å²) in [5.74, 6) is 0.813. The second-order valence-electron chi connectivity index (χ2n) is 5.46. The second kappa shape index (κ2) is 7.55. The van der Waals surface area contributed by atoms with Gasteiger partial charge in [-0.1, -0.05) is 35.6 Å². The molecule has 0 spiro atoms. The molecule has 1 aromatic heterocycles. The van der Waals surface area contributed by atoms with Gasteiger partial charge in [-0.2, -0.15) is 0 Å². The fourth-order valence-electron chi connectivity index (χ4n) is 2.52. The number of rotatable bonds is 7. The number of hydrogen-bond acceptors (Lipinski definition) is 5. The van der Waals surface area contributed by atoms with Crippen molar-refractivity contribution in [2.45, 2.75) is 18.9 Å². The number of aromatic nitrogens is 1. The maximum absolute atomic E-state index is 5.87. The highest BCUT2D eigenvalue weighted by Gasteiger charge is 2.08. The van der Waals surface area contributed by atoms with E-state index in [1.165, 1.54) is 5.56 Å². The maximum Gasteiger partial charge on any atom is 0.279 e. The molecular formula is C18H21N3OS. The Morgan fingerprint density at radius 1 is 1.17 bits per heavy atom. The minimum atomic E-state index is 0.413. The zero-order valence-corrected chi connectivity index (χ0v) is 14.0. The smallest absolute Gasteiger partial charge is 0.279 e. The van der Waals surface area contributed by atoms with E-state index in [4.69, 9.17) is 10.5 Å². The molecule has 3 N–H and O–H groups in total. The number of fused-ring (bicyclic) bond motifs is 1. The van der Waals surface area contributed by atoms with Crippen molar-refractivity contribution < 1.29 is 4.74 Å². The van der Waals surface area contributed by atoms with Crippen LogP contribution in [0.25, 0.3) is 10.2 Å². The number of hydrogen-bond donors (Lipinski definition) is 2. The van der Waals surface area contributed by atoms with Crippen LogP contribution in [0.2, 0.25) is 0 Å². The minimum Gasteiger partial charge on any atom is -0.431 e. The van der Waals surface area contributed by atoms with Crippen molar-refractivity contribution in [2.24, 2.45) is 5.73 Å². The van der Waals surface area contributed by atoms with Crippen LogP contribution >= 0.6 is 11.3 Å². The number of benzene rings is 2. The summed E-state index contributed by atoms with van der Waals surface area (Å²) in [7, 11) is 1.98. The largest absolute Gasteiger partial charge is 0.431 e. The van der Waals surface area contributed by atoms with Gasteiger partial charge in [0.25, 0.3) is 5.19 Å². The highest BCUT2D eigenvalue weighted by Crippen LogP contribution is 2.31. The van der Waals surface area contributed by atoms with Crippen LogP contribution in [0.1, 0.15) is 12.0 Å². The van der Waals surface area contributed by atoms with E-state index in [0.717, 1.165) is 28.8 Å². The Labute approximate surface area is 140 Å². The van der Waals surface area contributed by atoms with E-state index in [-0.39, 0.29) is 0 Å². The van der Waals surface area contributed by atoms with E-state index >= 15 is 0 Å². The molecule has 0 bridgehead atoms. The molecule has 23 heavy (non-hydrogen) atoms. The fraction of sp³-hybridized carbons (Fsp3) is 0.278. The molecule has 1 heterocycles. The van der Waals surface area contributed by atoms with E-state index in [0.29, 0.717) is 17.8 Å². The summed E-state index contributed by atoms with van der Waals surface area (Å²) in [5.41, 5.74) is 7.88. The van der Waals surface area contributed by atoms with E-state index in [1.807, 2.05) is 37.4 Å². The Morgan fingerprint density at radius 2 is 1.96 bits per heavy atom. The summed E-state index contributed by atoms with van der Waals surface area (Å²) in [6.45, 7) is 0.699. The van der Waals surface area contributed by atoms with Crippen LogP contribution in [-0.4, -0.2) is 24.6 Å². The van der Waals surface area contributed by atoms with Gasteiger partial charge < -0.3 is 15.8 Å². The first-order chi connectivity index (χ1) is 11.3. The lowest BCUT2D eigenvalue weighted by Gasteiger charge is -2.15. The summed E-state index contributed by atoms with van der Waals surface area (Å²) < 4.78 is 7.01. The van der Waals surface area contributed by atoms with Gasteiger partial charge in [-0.25, -0.2) is 4.98 Å². The molecule has 1 unspecified atom stereocenters. The molecule has 2 aromatic carbocycles. The van der Waals surface area contributed by atoms with Crippen LogP contribution in [0.15, 0.2) is 48.5 Å². The Morgan fingerprint density at radius 3 is 2.65 bits per heavy atom. The SMILES string of the molecule is CNC(CCN)Cc1ccc(Oc2nc3ccccc3s2)cc1. The number of nitrogens with one attached hydrogen (secondary N) is 1. The molecule has 120 valence electrons. The zero-order chi connectivity index (χ0) is 16.1. The molecule has 0 aliphatic heterocycles. The molecular weight excluding hydrogens is 306 g/mol. The van der Waals surface area contributed by atoms with Crippen molar-refractivity contribution >= 4 is 21.6 Å². The molecule has 0 fully saturated rings. The maximum atomic E-state index is 5.87. The van der Waals surface area contributed by atoms with Crippen molar-refractivity contribution in [3.05, 3.63) is 54.1 Å². The molecule has 1 atom stereocenters. The molecule has 3 rings (SSSR count). The van der Waals surface area contributed by atoms with Crippen LogP contribution in [0.4, 0.5) is 0 Å². The lowest BCUT2D eigenvalue weighted by atomic mass is 10.0. The van der Waals surface area contributed by atoms with Gasteiger partial charge in [-0.15, -0.1) is 0 Å². The number of para-hydroxylation sites is 1. The summed E-state index contributed by atoms with van der Waals surface area (Å²) in [4.78, 5) is 4.49. The van der Waals surface area contributed by atoms with Crippen molar-refractivity contribution in [2.75, 3.05) is 13.6 Å². The van der Waals surface area contributed by atoms with E-state index in [1.54, 1.807) is 11.3 Å². The van der Waals surface area contributed by atoms with Gasteiger partial charge >= 0.3 is 0 Å². The van der Waals surface area contributed by atoms with Gasteiger partial charge in [0, 0.05) is 6.04 Å². The zero-order valence-electron chi connectivity index (χ0n) is 13.2. The average molecular weight is 327 g/mol. The predicted molar refractivity (Wildman–Crippen MR) is 96.4 cm³/mol. The number of nitrogens with zero attached hydrogens (tertiary/aromatic N) is 1. The molecule has 0 aliphatic carbocycles. The Bertz CT molecular complexity index is 721. The molecule has 4 nitrogen and oxygen atoms in total. The van der Waals surface area contributed by atoms with Crippen LogP contribution in [0.5, 0.6) is 10.9 Å². The standard InChI is InChI=1S/C18H21N3OS/c1-20-14(10-11-19)12-13-6-8-15(9-7-13)22-18-21-16-4-2-3-5-17(16)23-18/h2-9,14,20H,10-12,19H2,1H3. The van der Waals surface area contributed by atoms with E-state index in [9.17, 15) is 0 Å². The van der Waals surface area contributed by atoms with Gasteiger partial charge in [-0.3, -0.25) is 0 Å². The first-order valence-corrected chi connectivity index (χ1v) is 8.60.